The van der Waals surface area contributed by atoms with Gasteiger partial charge in [0.2, 0.25) is 0 Å². The molecule has 0 spiro atoms. The zero-order valence-corrected chi connectivity index (χ0v) is 18.2. The normalized spacial score (nSPS) is 10.8. The number of rotatable bonds is 5. The number of nitrogens with zero attached hydrogens (tertiary/aromatic N) is 4. The van der Waals surface area contributed by atoms with Crippen molar-refractivity contribution in [3.63, 3.8) is 0 Å². The largest absolute Gasteiger partial charge is 0.338 e. The van der Waals surface area contributed by atoms with E-state index in [2.05, 4.69) is 39.6 Å². The molecule has 0 aliphatic carbocycles. The second-order valence-electron chi connectivity index (χ2n) is 6.89. The van der Waals surface area contributed by atoms with Gasteiger partial charge in [-0.3, -0.25) is 4.98 Å². The third-order valence-corrected chi connectivity index (χ3v) is 5.00. The molecule has 0 aliphatic rings. The van der Waals surface area contributed by atoms with Crippen LogP contribution in [0, 0.1) is 13.8 Å². The number of aromatic nitrogens is 4. The first kappa shape index (κ1) is 21.1. The van der Waals surface area contributed by atoms with E-state index in [0.717, 1.165) is 41.1 Å². The molecule has 150 valence electrons. The maximum absolute atomic E-state index is 6.54. The lowest BCUT2D eigenvalue weighted by atomic mass is 10.1. The molecule has 0 fully saturated rings. The van der Waals surface area contributed by atoms with Crippen molar-refractivity contribution in [3.05, 3.63) is 70.9 Å². The summed E-state index contributed by atoms with van der Waals surface area (Å²) in [4.78, 5) is 13.7. The Kier molecular flexibility index (Phi) is 6.40. The first-order valence-electron chi connectivity index (χ1n) is 9.39. The molecule has 0 bridgehead atoms. The molecule has 5 nitrogen and oxygen atoms in total. The molecule has 7 heteroatoms. The summed E-state index contributed by atoms with van der Waals surface area (Å²) < 4.78 is 2.22. The second-order valence-corrected chi connectivity index (χ2v) is 7.29. The molecule has 0 saturated heterocycles. The summed E-state index contributed by atoms with van der Waals surface area (Å²) in [5, 5.41) is 3.77. The first-order chi connectivity index (χ1) is 13.6. The summed E-state index contributed by atoms with van der Waals surface area (Å²) in [7, 11) is 0. The Balaban J connectivity index is 0.00000240. The zero-order chi connectivity index (χ0) is 19.7. The number of hydrogen-bond donors (Lipinski definition) is 1. The van der Waals surface area contributed by atoms with Crippen LogP contribution in [-0.4, -0.2) is 19.4 Å². The lowest BCUT2D eigenvalue weighted by molar-refractivity contribution is 0.858. The van der Waals surface area contributed by atoms with Crippen LogP contribution < -0.4 is 5.32 Å². The van der Waals surface area contributed by atoms with Crippen molar-refractivity contribution in [2.75, 3.05) is 5.32 Å². The number of pyridine rings is 3. The van der Waals surface area contributed by atoms with Crippen molar-refractivity contribution >= 4 is 41.2 Å². The Hall–Kier alpha value is -2.63. The smallest absolute Gasteiger partial charge is 0.149 e. The minimum absolute atomic E-state index is 0. The average molecular weight is 428 g/mol. The molecule has 1 N–H and O–H groups in total. The number of aryl methyl sites for hydroxylation is 3. The Morgan fingerprint density at radius 1 is 1.07 bits per heavy atom. The molecule has 4 aromatic heterocycles. The third kappa shape index (κ3) is 4.21. The van der Waals surface area contributed by atoms with E-state index in [0.29, 0.717) is 10.8 Å². The van der Waals surface area contributed by atoms with E-state index in [-0.39, 0.29) is 12.4 Å². The molecule has 0 saturated carbocycles. The van der Waals surface area contributed by atoms with Gasteiger partial charge in [-0.1, -0.05) is 31.0 Å². The molecule has 0 amide bonds. The maximum atomic E-state index is 6.54. The van der Waals surface area contributed by atoms with Gasteiger partial charge in [-0.25, -0.2) is 9.97 Å². The molecule has 4 rings (SSSR count). The fourth-order valence-corrected chi connectivity index (χ4v) is 3.58. The average Bonchev–Trinajstić information content (AvgIpc) is 3.05. The van der Waals surface area contributed by atoms with Crippen molar-refractivity contribution in [1.29, 1.82) is 0 Å². The predicted molar refractivity (Wildman–Crippen MR) is 122 cm³/mol. The van der Waals surface area contributed by atoms with Gasteiger partial charge in [0, 0.05) is 23.1 Å². The Bertz CT molecular complexity index is 1140. The van der Waals surface area contributed by atoms with Crippen molar-refractivity contribution < 1.29 is 0 Å². The summed E-state index contributed by atoms with van der Waals surface area (Å²) in [6.45, 7) is 6.23. The van der Waals surface area contributed by atoms with Crippen molar-refractivity contribution in [3.8, 4) is 11.3 Å². The minimum Gasteiger partial charge on any atom is -0.338 e. The van der Waals surface area contributed by atoms with E-state index in [9.17, 15) is 0 Å². The number of imidazole rings is 1. The van der Waals surface area contributed by atoms with Gasteiger partial charge < -0.3 is 9.72 Å². The molecule has 4 heterocycles. The number of anilines is 2. The van der Waals surface area contributed by atoms with Crippen molar-refractivity contribution in [2.45, 2.75) is 33.6 Å². The molecule has 0 atom stereocenters. The molecule has 0 unspecified atom stereocenters. The van der Waals surface area contributed by atoms with Crippen LogP contribution >= 0.6 is 24.0 Å². The van der Waals surface area contributed by atoms with Crippen LogP contribution in [-0.2, 0) is 6.42 Å². The fourth-order valence-electron chi connectivity index (χ4n) is 3.36. The number of fused-ring (bicyclic) bond motifs is 1. The molecular formula is C22H23Cl2N5. The van der Waals surface area contributed by atoms with Crippen LogP contribution in [0.1, 0.15) is 30.4 Å². The highest BCUT2D eigenvalue weighted by Gasteiger charge is 2.16. The Labute approximate surface area is 181 Å². The maximum Gasteiger partial charge on any atom is 0.149 e. The minimum atomic E-state index is 0. The van der Waals surface area contributed by atoms with Gasteiger partial charge in [0.1, 0.15) is 11.5 Å². The molecule has 29 heavy (non-hydrogen) atoms. The van der Waals surface area contributed by atoms with E-state index < -0.39 is 0 Å². The Morgan fingerprint density at radius 2 is 1.90 bits per heavy atom. The van der Waals surface area contributed by atoms with E-state index >= 15 is 0 Å². The number of nitrogens with one attached hydrogen (secondary N) is 1. The molecule has 4 aromatic rings. The highest BCUT2D eigenvalue weighted by atomic mass is 35.5. The predicted octanol–water partition coefficient (Wildman–Crippen LogP) is 6.18. The highest BCUT2D eigenvalue weighted by molar-refractivity contribution is 6.33. The summed E-state index contributed by atoms with van der Waals surface area (Å²) >= 11 is 6.54. The molecular weight excluding hydrogens is 405 g/mol. The zero-order valence-electron chi connectivity index (χ0n) is 16.6. The van der Waals surface area contributed by atoms with Crippen LogP contribution in [0.15, 0.2) is 48.8 Å². The summed E-state index contributed by atoms with van der Waals surface area (Å²) in [5.74, 6) is 0.605. The molecule has 0 radical (unpaired) electrons. The van der Waals surface area contributed by atoms with E-state index in [1.165, 1.54) is 11.4 Å². The van der Waals surface area contributed by atoms with Crippen molar-refractivity contribution in [2.24, 2.45) is 0 Å². The summed E-state index contributed by atoms with van der Waals surface area (Å²) in [6.07, 6.45) is 5.57. The van der Waals surface area contributed by atoms with Gasteiger partial charge in [-0.15, -0.1) is 12.4 Å². The van der Waals surface area contributed by atoms with Crippen LogP contribution in [0.3, 0.4) is 0 Å². The first-order valence-corrected chi connectivity index (χ1v) is 9.77. The van der Waals surface area contributed by atoms with Gasteiger partial charge in [-0.05, 0) is 50.6 Å². The number of hydrogen-bond acceptors (Lipinski definition) is 4. The number of halogens is 2. The lowest BCUT2D eigenvalue weighted by Gasteiger charge is -2.10. The summed E-state index contributed by atoms with van der Waals surface area (Å²) in [5.41, 5.74) is 6.98. The van der Waals surface area contributed by atoms with E-state index in [1.807, 2.05) is 43.5 Å². The van der Waals surface area contributed by atoms with Crippen LogP contribution in [0.5, 0.6) is 0 Å². The van der Waals surface area contributed by atoms with Crippen LogP contribution in [0.25, 0.3) is 16.9 Å². The van der Waals surface area contributed by atoms with Gasteiger partial charge in [0.25, 0.3) is 0 Å². The van der Waals surface area contributed by atoms with Gasteiger partial charge >= 0.3 is 0 Å². The van der Waals surface area contributed by atoms with Crippen LogP contribution in [0.2, 0.25) is 5.02 Å². The Morgan fingerprint density at radius 3 is 2.59 bits per heavy atom. The summed E-state index contributed by atoms with van der Waals surface area (Å²) in [6, 6.07) is 12.0. The second kappa shape index (κ2) is 8.80. The van der Waals surface area contributed by atoms with Gasteiger partial charge in [0.15, 0.2) is 0 Å². The third-order valence-electron chi connectivity index (χ3n) is 4.71. The van der Waals surface area contributed by atoms with Gasteiger partial charge in [0.05, 0.1) is 28.3 Å². The highest BCUT2D eigenvalue weighted by Crippen LogP contribution is 2.31. The lowest BCUT2D eigenvalue weighted by Crippen LogP contribution is -1.99. The molecule has 0 aromatic carbocycles. The molecule has 0 aliphatic heterocycles. The van der Waals surface area contributed by atoms with Crippen molar-refractivity contribution in [1.82, 2.24) is 19.4 Å². The van der Waals surface area contributed by atoms with E-state index in [1.54, 1.807) is 6.20 Å². The fraction of sp³-hybridized carbons (Fsp3) is 0.227. The standard InChI is InChI=1S/C22H22ClN5.ClH/c1-4-6-19-21(27-20-8-5-7-15(3)28(19)20)16-11-18(23)22(25-12-16)26-17-10-9-14(2)24-13-17;/h5,7-13H,4,6H2,1-3H3,(H,25,26);1H. The van der Waals surface area contributed by atoms with Crippen LogP contribution in [0.4, 0.5) is 11.5 Å². The van der Waals surface area contributed by atoms with Gasteiger partial charge in [-0.2, -0.15) is 0 Å². The monoisotopic (exact) mass is 427 g/mol. The topological polar surface area (TPSA) is 55.1 Å². The van der Waals surface area contributed by atoms with E-state index in [4.69, 9.17) is 16.6 Å². The quantitative estimate of drug-likeness (QED) is 0.413. The SMILES string of the molecule is CCCc1c(-c2cnc(Nc3ccc(C)nc3)c(Cl)c2)nc2cccc(C)n12.Cl.